The van der Waals surface area contributed by atoms with Gasteiger partial charge in [-0.1, -0.05) is 6.07 Å². The molecule has 2 saturated heterocycles. The lowest BCUT2D eigenvalue weighted by Crippen LogP contribution is -2.42. The summed E-state index contributed by atoms with van der Waals surface area (Å²) in [5.74, 6) is -0.116. The molecule has 0 radical (unpaired) electrons. The first-order valence-corrected chi connectivity index (χ1v) is 7.91. The van der Waals surface area contributed by atoms with Crippen LogP contribution in [0.3, 0.4) is 0 Å². The van der Waals surface area contributed by atoms with Gasteiger partial charge in [0.25, 0.3) is 5.91 Å². The van der Waals surface area contributed by atoms with E-state index in [1.54, 1.807) is 42.1 Å². The van der Waals surface area contributed by atoms with Gasteiger partial charge in [0.15, 0.2) is 0 Å². The van der Waals surface area contributed by atoms with Crippen molar-refractivity contribution in [1.82, 2.24) is 9.80 Å². The smallest absolute Gasteiger partial charge is 0.254 e. The number of benzene rings is 1. The van der Waals surface area contributed by atoms with Crippen molar-refractivity contribution < 1.29 is 14.4 Å². The second-order valence-electron chi connectivity index (χ2n) is 6.18. The van der Waals surface area contributed by atoms with E-state index in [9.17, 15) is 14.4 Å². The van der Waals surface area contributed by atoms with Crippen LogP contribution in [0.5, 0.6) is 0 Å². The first-order chi connectivity index (χ1) is 11.0. The van der Waals surface area contributed by atoms with E-state index < -0.39 is 6.04 Å². The molecule has 3 amide bonds. The van der Waals surface area contributed by atoms with Crippen LogP contribution >= 0.6 is 0 Å². The Hall–Kier alpha value is -2.37. The number of likely N-dealkylation sites (tertiary alicyclic amines) is 1. The van der Waals surface area contributed by atoms with Gasteiger partial charge in [-0.05, 0) is 31.0 Å². The minimum Gasteiger partial charge on any atom is -0.344 e. The summed E-state index contributed by atoms with van der Waals surface area (Å²) < 4.78 is 0. The highest BCUT2D eigenvalue weighted by Gasteiger charge is 2.35. The third-order valence-electron chi connectivity index (χ3n) is 4.67. The highest BCUT2D eigenvalue weighted by Crippen LogP contribution is 2.24. The topological polar surface area (TPSA) is 60.9 Å². The molecule has 1 aromatic rings. The van der Waals surface area contributed by atoms with E-state index in [0.29, 0.717) is 31.5 Å². The average molecular weight is 315 g/mol. The van der Waals surface area contributed by atoms with E-state index in [2.05, 4.69) is 0 Å². The van der Waals surface area contributed by atoms with E-state index in [1.165, 1.54) is 4.90 Å². The standard InChI is InChI=1S/C17H21N3O3/c1-18-10-8-14(17(18)23)19(2)16(22)12-5-3-6-13(11-12)20-9-4-7-15(20)21/h3,5-6,11,14H,4,7-10H2,1-2H3/t14-/m1/s1. The minimum atomic E-state index is -0.399. The summed E-state index contributed by atoms with van der Waals surface area (Å²) in [5, 5.41) is 0. The fourth-order valence-electron chi connectivity index (χ4n) is 3.24. The van der Waals surface area contributed by atoms with Gasteiger partial charge in [0.1, 0.15) is 6.04 Å². The summed E-state index contributed by atoms with van der Waals surface area (Å²) in [5.41, 5.74) is 1.26. The Morgan fingerprint density at radius 3 is 2.65 bits per heavy atom. The monoisotopic (exact) mass is 315 g/mol. The SMILES string of the molecule is CN1CC[C@@H](N(C)C(=O)c2cccc(N3CCCC3=O)c2)C1=O. The molecule has 6 nitrogen and oxygen atoms in total. The molecule has 3 rings (SSSR count). The molecule has 2 aliphatic heterocycles. The van der Waals surface area contributed by atoms with Gasteiger partial charge >= 0.3 is 0 Å². The van der Waals surface area contributed by atoms with Crippen LogP contribution in [0.4, 0.5) is 5.69 Å². The van der Waals surface area contributed by atoms with E-state index in [1.807, 2.05) is 6.07 Å². The van der Waals surface area contributed by atoms with Gasteiger partial charge in [-0.2, -0.15) is 0 Å². The fraction of sp³-hybridized carbons (Fsp3) is 0.471. The van der Waals surface area contributed by atoms with Gasteiger partial charge in [0.2, 0.25) is 11.8 Å². The molecule has 0 N–H and O–H groups in total. The van der Waals surface area contributed by atoms with Crippen LogP contribution in [-0.2, 0) is 9.59 Å². The number of carbonyl (C=O) groups is 3. The Morgan fingerprint density at radius 2 is 2.04 bits per heavy atom. The Bertz CT molecular complexity index is 658. The molecule has 0 aliphatic carbocycles. The lowest BCUT2D eigenvalue weighted by atomic mass is 10.1. The average Bonchev–Trinajstić information content (AvgIpc) is 3.13. The summed E-state index contributed by atoms with van der Waals surface area (Å²) in [6, 6.07) is 6.70. The largest absolute Gasteiger partial charge is 0.344 e. The van der Waals surface area contributed by atoms with Crippen molar-refractivity contribution in [2.24, 2.45) is 0 Å². The van der Waals surface area contributed by atoms with Gasteiger partial charge in [-0.25, -0.2) is 0 Å². The molecule has 2 heterocycles. The first-order valence-electron chi connectivity index (χ1n) is 7.91. The number of hydrogen-bond acceptors (Lipinski definition) is 3. The maximum Gasteiger partial charge on any atom is 0.254 e. The molecule has 0 unspecified atom stereocenters. The minimum absolute atomic E-state index is 0.0216. The summed E-state index contributed by atoms with van der Waals surface area (Å²) in [6.07, 6.45) is 2.06. The third kappa shape index (κ3) is 2.81. The normalized spacial score (nSPS) is 21.2. The van der Waals surface area contributed by atoms with Crippen LogP contribution in [0.2, 0.25) is 0 Å². The number of nitrogens with zero attached hydrogens (tertiary/aromatic N) is 3. The van der Waals surface area contributed by atoms with Crippen molar-refractivity contribution in [3.63, 3.8) is 0 Å². The van der Waals surface area contributed by atoms with Gasteiger partial charge in [-0.15, -0.1) is 0 Å². The van der Waals surface area contributed by atoms with E-state index >= 15 is 0 Å². The number of anilines is 1. The molecule has 1 atom stereocenters. The Kier molecular flexibility index (Phi) is 4.07. The predicted molar refractivity (Wildman–Crippen MR) is 86.2 cm³/mol. The molecule has 1 aromatic carbocycles. The van der Waals surface area contributed by atoms with Crippen LogP contribution in [0.25, 0.3) is 0 Å². The van der Waals surface area contributed by atoms with Crippen LogP contribution in [-0.4, -0.2) is 60.7 Å². The predicted octanol–water partition coefficient (Wildman–Crippen LogP) is 1.12. The summed E-state index contributed by atoms with van der Waals surface area (Å²) in [6.45, 7) is 1.36. The Labute approximate surface area is 135 Å². The molecular weight excluding hydrogens is 294 g/mol. The molecule has 2 fully saturated rings. The second-order valence-corrected chi connectivity index (χ2v) is 6.18. The van der Waals surface area contributed by atoms with Crippen molar-refractivity contribution >= 4 is 23.4 Å². The zero-order valence-electron chi connectivity index (χ0n) is 13.5. The fourth-order valence-corrected chi connectivity index (χ4v) is 3.24. The first kappa shape index (κ1) is 15.5. The van der Waals surface area contributed by atoms with E-state index in [-0.39, 0.29) is 17.7 Å². The highest BCUT2D eigenvalue weighted by molar-refractivity contribution is 6.00. The number of likely N-dealkylation sites (N-methyl/N-ethyl adjacent to an activating group) is 2. The molecule has 23 heavy (non-hydrogen) atoms. The molecule has 0 spiro atoms. The second kappa shape index (κ2) is 6.02. The molecule has 6 heteroatoms. The number of carbonyl (C=O) groups excluding carboxylic acids is 3. The van der Waals surface area contributed by atoms with Crippen molar-refractivity contribution in [3.05, 3.63) is 29.8 Å². The zero-order chi connectivity index (χ0) is 16.6. The van der Waals surface area contributed by atoms with Gasteiger partial charge in [0, 0.05) is 44.9 Å². The molecular formula is C17H21N3O3. The van der Waals surface area contributed by atoms with Crippen molar-refractivity contribution in [3.8, 4) is 0 Å². The molecule has 0 aromatic heterocycles. The molecule has 2 aliphatic rings. The quantitative estimate of drug-likeness (QED) is 0.840. The number of rotatable bonds is 3. The van der Waals surface area contributed by atoms with Crippen LogP contribution in [0.15, 0.2) is 24.3 Å². The third-order valence-corrected chi connectivity index (χ3v) is 4.67. The number of hydrogen-bond donors (Lipinski definition) is 0. The zero-order valence-corrected chi connectivity index (χ0v) is 13.5. The van der Waals surface area contributed by atoms with Crippen LogP contribution < -0.4 is 4.90 Å². The van der Waals surface area contributed by atoms with E-state index in [4.69, 9.17) is 0 Å². The summed E-state index contributed by atoms with van der Waals surface area (Å²) in [4.78, 5) is 41.5. The van der Waals surface area contributed by atoms with Gasteiger partial charge < -0.3 is 14.7 Å². The summed E-state index contributed by atoms with van der Waals surface area (Å²) >= 11 is 0. The highest BCUT2D eigenvalue weighted by atomic mass is 16.2. The Morgan fingerprint density at radius 1 is 1.26 bits per heavy atom. The lowest BCUT2D eigenvalue weighted by Gasteiger charge is -2.24. The molecule has 122 valence electrons. The lowest BCUT2D eigenvalue weighted by molar-refractivity contribution is -0.130. The van der Waals surface area contributed by atoms with Crippen molar-refractivity contribution in [2.45, 2.75) is 25.3 Å². The summed E-state index contributed by atoms with van der Waals surface area (Å²) in [7, 11) is 3.41. The van der Waals surface area contributed by atoms with Gasteiger partial charge in [0.05, 0.1) is 0 Å². The maximum absolute atomic E-state index is 12.7. The van der Waals surface area contributed by atoms with Crippen LogP contribution in [0, 0.1) is 0 Å². The molecule has 0 saturated carbocycles. The van der Waals surface area contributed by atoms with Crippen molar-refractivity contribution in [2.75, 3.05) is 32.1 Å². The molecule has 0 bridgehead atoms. The van der Waals surface area contributed by atoms with E-state index in [0.717, 1.165) is 12.1 Å². The van der Waals surface area contributed by atoms with Crippen molar-refractivity contribution in [1.29, 1.82) is 0 Å². The number of amides is 3. The maximum atomic E-state index is 12.7. The van der Waals surface area contributed by atoms with Gasteiger partial charge in [-0.3, -0.25) is 14.4 Å². The van der Waals surface area contributed by atoms with Crippen LogP contribution in [0.1, 0.15) is 29.6 Å². The Balaban J connectivity index is 1.80.